The summed E-state index contributed by atoms with van der Waals surface area (Å²) < 4.78 is 1.78. The molecule has 0 saturated carbocycles. The Morgan fingerprint density at radius 1 is 1.17 bits per heavy atom. The number of para-hydroxylation sites is 1. The predicted molar refractivity (Wildman–Crippen MR) is 117 cm³/mol. The summed E-state index contributed by atoms with van der Waals surface area (Å²) >= 11 is 3.07. The molecule has 8 heteroatoms. The number of rotatable bonds is 7. The minimum Gasteiger partial charge on any atom is -0.347 e. The maximum absolute atomic E-state index is 12.6. The molecule has 0 aliphatic rings. The van der Waals surface area contributed by atoms with E-state index < -0.39 is 0 Å². The molecule has 0 aliphatic heterocycles. The number of benzene rings is 1. The molecule has 0 fully saturated rings. The lowest BCUT2D eigenvalue weighted by atomic mass is 10.0. The number of carbonyl (C=O) groups excluding carboxylic acids is 1. The van der Waals surface area contributed by atoms with Crippen LogP contribution in [0.25, 0.3) is 16.7 Å². The zero-order valence-electron chi connectivity index (χ0n) is 16.1. The molecular weight excluding hydrogens is 402 g/mol. The number of nitrogens with one attached hydrogen (secondary N) is 1. The second kappa shape index (κ2) is 8.75. The molecule has 29 heavy (non-hydrogen) atoms. The van der Waals surface area contributed by atoms with Crippen molar-refractivity contribution in [3.05, 3.63) is 65.2 Å². The number of carbonyl (C=O) groups is 1. The van der Waals surface area contributed by atoms with Gasteiger partial charge in [0.15, 0.2) is 5.65 Å². The summed E-state index contributed by atoms with van der Waals surface area (Å²) in [6.07, 6.45) is 3.28. The van der Waals surface area contributed by atoms with E-state index >= 15 is 0 Å². The number of amides is 1. The van der Waals surface area contributed by atoms with E-state index in [0.717, 1.165) is 21.7 Å². The highest BCUT2D eigenvalue weighted by molar-refractivity contribution is 8.00. The van der Waals surface area contributed by atoms with E-state index in [4.69, 9.17) is 0 Å². The Balaban J connectivity index is 1.49. The number of aromatic nitrogens is 4. The third kappa shape index (κ3) is 4.33. The van der Waals surface area contributed by atoms with Crippen LogP contribution in [0.3, 0.4) is 0 Å². The van der Waals surface area contributed by atoms with Crippen molar-refractivity contribution in [3.63, 3.8) is 0 Å². The second-order valence-corrected chi connectivity index (χ2v) is 8.84. The van der Waals surface area contributed by atoms with Gasteiger partial charge in [-0.05, 0) is 29.5 Å². The van der Waals surface area contributed by atoms with Crippen LogP contribution >= 0.6 is 23.1 Å². The molecule has 148 valence electrons. The molecule has 1 atom stereocenters. The average Bonchev–Trinajstić information content (AvgIpc) is 3.41. The van der Waals surface area contributed by atoms with Crippen LogP contribution in [0.5, 0.6) is 0 Å². The van der Waals surface area contributed by atoms with Gasteiger partial charge in [-0.15, -0.1) is 11.3 Å². The zero-order chi connectivity index (χ0) is 20.2. The average molecular weight is 424 g/mol. The van der Waals surface area contributed by atoms with E-state index in [1.165, 1.54) is 23.0 Å². The van der Waals surface area contributed by atoms with Gasteiger partial charge in [-0.25, -0.2) is 14.6 Å². The summed E-state index contributed by atoms with van der Waals surface area (Å²) in [5, 5.41) is 11.2. The first kappa shape index (κ1) is 19.6. The molecule has 0 radical (unpaired) electrons. The molecule has 4 aromatic rings. The van der Waals surface area contributed by atoms with E-state index in [9.17, 15) is 4.79 Å². The fourth-order valence-electron chi connectivity index (χ4n) is 3.08. The molecule has 4 rings (SSSR count). The minimum absolute atomic E-state index is 0.00989. The van der Waals surface area contributed by atoms with Crippen LogP contribution in [0, 0.1) is 5.92 Å². The quantitative estimate of drug-likeness (QED) is 0.350. The van der Waals surface area contributed by atoms with Gasteiger partial charge in [0.25, 0.3) is 0 Å². The SMILES string of the molecule is CC(C)C(NC(=O)CSc1ncnc2c1cnn2-c1ccccc1)c1cccs1. The van der Waals surface area contributed by atoms with Crippen molar-refractivity contribution < 1.29 is 4.79 Å². The van der Waals surface area contributed by atoms with Crippen LogP contribution in [-0.4, -0.2) is 31.4 Å². The number of hydrogen-bond donors (Lipinski definition) is 1. The minimum atomic E-state index is -0.00989. The van der Waals surface area contributed by atoms with Crippen molar-refractivity contribution in [2.45, 2.75) is 24.9 Å². The summed E-state index contributed by atoms with van der Waals surface area (Å²) in [4.78, 5) is 22.5. The molecule has 1 unspecified atom stereocenters. The molecule has 1 N–H and O–H groups in total. The highest BCUT2D eigenvalue weighted by Crippen LogP contribution is 2.28. The fourth-order valence-corrected chi connectivity index (χ4v) is 4.80. The Morgan fingerprint density at radius 3 is 2.72 bits per heavy atom. The number of thiophene rings is 1. The molecule has 6 nitrogen and oxygen atoms in total. The number of hydrogen-bond acceptors (Lipinski definition) is 6. The largest absolute Gasteiger partial charge is 0.347 e. The maximum Gasteiger partial charge on any atom is 0.230 e. The lowest BCUT2D eigenvalue weighted by Crippen LogP contribution is -2.32. The highest BCUT2D eigenvalue weighted by atomic mass is 32.2. The topological polar surface area (TPSA) is 72.7 Å². The Hall–Kier alpha value is -2.71. The lowest BCUT2D eigenvalue weighted by Gasteiger charge is -2.21. The van der Waals surface area contributed by atoms with Crippen LogP contribution in [0.4, 0.5) is 0 Å². The molecule has 0 saturated heterocycles. The van der Waals surface area contributed by atoms with Gasteiger partial charge in [0, 0.05) is 4.88 Å². The van der Waals surface area contributed by atoms with Gasteiger partial charge in [-0.3, -0.25) is 4.79 Å². The summed E-state index contributed by atoms with van der Waals surface area (Å²) in [5.74, 6) is 0.596. The fraction of sp³-hybridized carbons (Fsp3) is 0.238. The van der Waals surface area contributed by atoms with Gasteiger partial charge in [-0.1, -0.05) is 49.9 Å². The molecule has 3 heterocycles. The normalized spacial score (nSPS) is 12.4. The van der Waals surface area contributed by atoms with E-state index in [-0.39, 0.29) is 17.7 Å². The van der Waals surface area contributed by atoms with Crippen molar-refractivity contribution in [1.29, 1.82) is 0 Å². The molecule has 1 aromatic carbocycles. The van der Waals surface area contributed by atoms with E-state index in [1.807, 2.05) is 41.8 Å². The first-order valence-corrected chi connectivity index (χ1v) is 11.2. The summed E-state index contributed by atoms with van der Waals surface area (Å²) in [5.41, 5.74) is 1.67. The van der Waals surface area contributed by atoms with Crippen molar-refractivity contribution >= 4 is 40.0 Å². The zero-order valence-corrected chi connectivity index (χ0v) is 17.8. The Kier molecular flexibility index (Phi) is 5.92. The predicted octanol–water partition coefficient (Wildman–Crippen LogP) is 4.48. The molecule has 0 bridgehead atoms. The smallest absolute Gasteiger partial charge is 0.230 e. The van der Waals surface area contributed by atoms with Crippen LogP contribution in [0.2, 0.25) is 0 Å². The second-order valence-electron chi connectivity index (χ2n) is 6.90. The standard InChI is InChI=1S/C21H21N5OS2/c1-14(2)19(17-9-6-10-28-17)25-18(27)12-29-21-16-11-24-26(20(16)22-13-23-21)15-7-4-3-5-8-15/h3-11,13-14,19H,12H2,1-2H3,(H,25,27). The van der Waals surface area contributed by atoms with E-state index in [1.54, 1.807) is 22.2 Å². The Labute approximate surface area is 177 Å². The first-order chi connectivity index (χ1) is 14.1. The third-order valence-electron chi connectivity index (χ3n) is 4.50. The third-order valence-corrected chi connectivity index (χ3v) is 6.46. The Bertz CT molecular complexity index is 1090. The van der Waals surface area contributed by atoms with Crippen LogP contribution in [-0.2, 0) is 4.79 Å². The van der Waals surface area contributed by atoms with Gasteiger partial charge in [-0.2, -0.15) is 5.10 Å². The van der Waals surface area contributed by atoms with Crippen molar-refractivity contribution in [3.8, 4) is 5.69 Å². The summed E-state index contributed by atoms with van der Waals surface area (Å²) in [7, 11) is 0. The Morgan fingerprint density at radius 2 is 2.00 bits per heavy atom. The lowest BCUT2D eigenvalue weighted by molar-refractivity contribution is -0.119. The number of thioether (sulfide) groups is 1. The van der Waals surface area contributed by atoms with Crippen LogP contribution in [0.1, 0.15) is 24.8 Å². The van der Waals surface area contributed by atoms with Gasteiger partial charge >= 0.3 is 0 Å². The highest BCUT2D eigenvalue weighted by Gasteiger charge is 2.20. The van der Waals surface area contributed by atoms with E-state index in [2.05, 4.69) is 40.3 Å². The first-order valence-electron chi connectivity index (χ1n) is 9.33. The molecule has 0 spiro atoms. The van der Waals surface area contributed by atoms with Gasteiger partial charge < -0.3 is 5.32 Å². The van der Waals surface area contributed by atoms with Gasteiger partial charge in [0.2, 0.25) is 5.91 Å². The summed E-state index contributed by atoms with van der Waals surface area (Å²) in [6.45, 7) is 4.23. The van der Waals surface area contributed by atoms with Gasteiger partial charge in [0.1, 0.15) is 11.4 Å². The van der Waals surface area contributed by atoms with E-state index in [0.29, 0.717) is 5.92 Å². The van der Waals surface area contributed by atoms with Crippen LogP contribution in [0.15, 0.2) is 65.4 Å². The van der Waals surface area contributed by atoms with Crippen molar-refractivity contribution in [2.24, 2.45) is 5.92 Å². The molecule has 0 aliphatic carbocycles. The maximum atomic E-state index is 12.6. The molecular formula is C21H21N5OS2. The van der Waals surface area contributed by atoms with Gasteiger partial charge in [0.05, 0.1) is 29.1 Å². The number of nitrogens with zero attached hydrogens (tertiary/aromatic N) is 4. The van der Waals surface area contributed by atoms with Crippen molar-refractivity contribution in [2.75, 3.05) is 5.75 Å². The molecule has 3 aromatic heterocycles. The van der Waals surface area contributed by atoms with Crippen LogP contribution < -0.4 is 5.32 Å². The van der Waals surface area contributed by atoms with Crippen molar-refractivity contribution in [1.82, 2.24) is 25.1 Å². The monoisotopic (exact) mass is 423 g/mol. The number of fused-ring (bicyclic) bond motifs is 1. The molecule has 1 amide bonds. The summed E-state index contributed by atoms with van der Waals surface area (Å²) in [6, 6.07) is 13.9.